The second kappa shape index (κ2) is 7.21. The molecule has 1 fully saturated rings. The van der Waals surface area contributed by atoms with Gasteiger partial charge in [-0.25, -0.2) is 0 Å². The number of carbonyl (C=O) groups excluding carboxylic acids is 2. The van der Waals surface area contributed by atoms with Gasteiger partial charge in [-0.3, -0.25) is 14.4 Å². The fourth-order valence-corrected chi connectivity index (χ4v) is 3.13. The summed E-state index contributed by atoms with van der Waals surface area (Å²) in [6, 6.07) is 1.88. The molecule has 0 aliphatic heterocycles. The van der Waals surface area contributed by atoms with E-state index < -0.39 is 11.9 Å². The molecule has 114 valence electrons. The zero-order valence-electron chi connectivity index (χ0n) is 11.6. The van der Waals surface area contributed by atoms with Crippen LogP contribution in [0.3, 0.4) is 0 Å². The van der Waals surface area contributed by atoms with Gasteiger partial charge in [-0.15, -0.1) is 11.3 Å². The molecule has 1 heterocycles. The summed E-state index contributed by atoms with van der Waals surface area (Å²) in [6.45, 7) is 0. The van der Waals surface area contributed by atoms with Gasteiger partial charge >= 0.3 is 5.97 Å². The number of nitrogens with one attached hydrogen (secondary N) is 2. The lowest BCUT2D eigenvalue weighted by Gasteiger charge is -2.12. The van der Waals surface area contributed by atoms with Crippen LogP contribution < -0.4 is 10.6 Å². The molecule has 0 unspecified atom stereocenters. The molecule has 0 bridgehead atoms. The number of thiophene rings is 1. The normalized spacial score (nSPS) is 14.9. The number of rotatable bonds is 6. The molecule has 0 saturated heterocycles. The third-order valence-corrected chi connectivity index (χ3v) is 4.25. The van der Waals surface area contributed by atoms with E-state index in [0.717, 1.165) is 25.7 Å². The average Bonchev–Trinajstić information content (AvgIpc) is 3.07. The highest BCUT2D eigenvalue weighted by Crippen LogP contribution is 2.25. The number of carbonyl (C=O) groups is 3. The van der Waals surface area contributed by atoms with Crippen molar-refractivity contribution < 1.29 is 19.5 Å². The van der Waals surface area contributed by atoms with E-state index in [-0.39, 0.29) is 24.8 Å². The van der Waals surface area contributed by atoms with Gasteiger partial charge in [0.15, 0.2) is 0 Å². The first kappa shape index (κ1) is 15.5. The Kier molecular flexibility index (Phi) is 5.32. The average molecular weight is 310 g/mol. The summed E-state index contributed by atoms with van der Waals surface area (Å²) in [5, 5.41) is 16.3. The van der Waals surface area contributed by atoms with E-state index in [2.05, 4.69) is 10.6 Å². The van der Waals surface area contributed by atoms with Gasteiger partial charge in [0.2, 0.25) is 5.91 Å². The summed E-state index contributed by atoms with van der Waals surface area (Å²) >= 11 is 1.26. The molecular weight excluding hydrogens is 292 g/mol. The number of aliphatic carboxylic acids is 1. The van der Waals surface area contributed by atoms with Crippen LogP contribution in [0.2, 0.25) is 0 Å². The van der Waals surface area contributed by atoms with Crippen molar-refractivity contribution in [2.45, 2.75) is 44.6 Å². The monoisotopic (exact) mass is 310 g/mol. The van der Waals surface area contributed by atoms with E-state index in [1.165, 1.54) is 11.3 Å². The molecule has 2 rings (SSSR count). The minimum atomic E-state index is -1.02. The van der Waals surface area contributed by atoms with Crippen LogP contribution in [0.25, 0.3) is 0 Å². The minimum Gasteiger partial charge on any atom is -0.481 e. The summed E-state index contributed by atoms with van der Waals surface area (Å²) in [4.78, 5) is 34.2. The smallest absolute Gasteiger partial charge is 0.303 e. The zero-order valence-corrected chi connectivity index (χ0v) is 12.4. The minimum absolute atomic E-state index is 0.100. The predicted molar refractivity (Wildman–Crippen MR) is 79.5 cm³/mol. The molecule has 1 aromatic rings. The molecule has 21 heavy (non-hydrogen) atoms. The molecule has 0 aromatic carbocycles. The maximum absolute atomic E-state index is 12.2. The van der Waals surface area contributed by atoms with Crippen LogP contribution in [-0.4, -0.2) is 28.9 Å². The summed E-state index contributed by atoms with van der Waals surface area (Å²) in [6.07, 6.45) is 3.94. The van der Waals surface area contributed by atoms with E-state index in [9.17, 15) is 14.4 Å². The van der Waals surface area contributed by atoms with Crippen molar-refractivity contribution in [1.29, 1.82) is 0 Å². The van der Waals surface area contributed by atoms with Crippen LogP contribution >= 0.6 is 11.3 Å². The van der Waals surface area contributed by atoms with Crippen LogP contribution in [0.15, 0.2) is 11.4 Å². The van der Waals surface area contributed by atoms with Crippen molar-refractivity contribution in [3.05, 3.63) is 17.0 Å². The highest BCUT2D eigenvalue weighted by molar-refractivity contribution is 7.14. The van der Waals surface area contributed by atoms with Gasteiger partial charge in [0.1, 0.15) is 5.00 Å². The Morgan fingerprint density at radius 2 is 1.95 bits per heavy atom. The third-order valence-electron chi connectivity index (χ3n) is 3.42. The Morgan fingerprint density at radius 1 is 1.24 bits per heavy atom. The molecule has 1 aliphatic carbocycles. The van der Waals surface area contributed by atoms with Gasteiger partial charge in [-0.1, -0.05) is 12.8 Å². The number of carboxylic acids is 1. The summed E-state index contributed by atoms with van der Waals surface area (Å²) < 4.78 is 0. The Balaban J connectivity index is 1.92. The molecule has 7 heteroatoms. The van der Waals surface area contributed by atoms with Crippen LogP contribution in [0.5, 0.6) is 0 Å². The Hall–Kier alpha value is -1.89. The number of hydrogen-bond donors (Lipinski definition) is 3. The van der Waals surface area contributed by atoms with E-state index >= 15 is 0 Å². The van der Waals surface area contributed by atoms with Gasteiger partial charge in [0.05, 0.1) is 12.0 Å². The van der Waals surface area contributed by atoms with Crippen LogP contribution in [-0.2, 0) is 9.59 Å². The maximum Gasteiger partial charge on any atom is 0.303 e. The molecule has 0 radical (unpaired) electrons. The summed E-state index contributed by atoms with van der Waals surface area (Å²) in [7, 11) is 0. The molecular formula is C14H18N2O4S. The van der Waals surface area contributed by atoms with Crippen molar-refractivity contribution in [3.63, 3.8) is 0 Å². The lowest BCUT2D eigenvalue weighted by Crippen LogP contribution is -2.32. The quantitative estimate of drug-likeness (QED) is 0.750. The lowest BCUT2D eigenvalue weighted by molar-refractivity contribution is -0.138. The zero-order chi connectivity index (χ0) is 15.2. The Morgan fingerprint density at radius 3 is 2.62 bits per heavy atom. The molecule has 1 aliphatic rings. The SMILES string of the molecule is O=C(O)CCC(=O)Nc1sccc1C(=O)NC1CCCC1. The van der Waals surface area contributed by atoms with Crippen LogP contribution in [0.4, 0.5) is 5.00 Å². The molecule has 0 spiro atoms. The first-order valence-electron chi connectivity index (χ1n) is 6.96. The molecule has 3 N–H and O–H groups in total. The van der Waals surface area contributed by atoms with Gasteiger partial charge in [0.25, 0.3) is 5.91 Å². The van der Waals surface area contributed by atoms with E-state index in [0.29, 0.717) is 10.6 Å². The largest absolute Gasteiger partial charge is 0.481 e. The number of anilines is 1. The maximum atomic E-state index is 12.2. The standard InChI is InChI=1S/C14H18N2O4S/c17-11(5-6-12(18)19)16-14-10(7-8-21-14)13(20)15-9-3-1-2-4-9/h7-9H,1-6H2,(H,15,20)(H,16,17)(H,18,19). The highest BCUT2D eigenvalue weighted by Gasteiger charge is 2.21. The van der Waals surface area contributed by atoms with Crippen molar-refractivity contribution in [1.82, 2.24) is 5.32 Å². The Labute approximate surface area is 126 Å². The second-order valence-corrected chi connectivity index (χ2v) is 5.98. The molecule has 1 saturated carbocycles. The Bertz CT molecular complexity index is 535. The fraction of sp³-hybridized carbons (Fsp3) is 0.500. The molecule has 0 atom stereocenters. The van der Waals surface area contributed by atoms with Crippen LogP contribution in [0, 0.1) is 0 Å². The van der Waals surface area contributed by atoms with Crippen molar-refractivity contribution in [2.75, 3.05) is 5.32 Å². The first-order valence-corrected chi connectivity index (χ1v) is 7.84. The molecule has 1 aromatic heterocycles. The van der Waals surface area contributed by atoms with Crippen molar-refractivity contribution in [3.8, 4) is 0 Å². The van der Waals surface area contributed by atoms with E-state index in [1.54, 1.807) is 11.4 Å². The third kappa shape index (κ3) is 4.56. The lowest BCUT2D eigenvalue weighted by atomic mass is 10.2. The van der Waals surface area contributed by atoms with Gasteiger partial charge < -0.3 is 15.7 Å². The molecule has 2 amide bonds. The van der Waals surface area contributed by atoms with Gasteiger partial charge in [-0.2, -0.15) is 0 Å². The first-order chi connectivity index (χ1) is 10.1. The molecule has 6 nitrogen and oxygen atoms in total. The summed E-state index contributed by atoms with van der Waals surface area (Å²) in [5.74, 6) is -1.60. The van der Waals surface area contributed by atoms with Crippen molar-refractivity contribution in [2.24, 2.45) is 0 Å². The van der Waals surface area contributed by atoms with Gasteiger partial charge in [-0.05, 0) is 24.3 Å². The van der Waals surface area contributed by atoms with E-state index in [1.807, 2.05) is 0 Å². The second-order valence-electron chi connectivity index (χ2n) is 5.06. The van der Waals surface area contributed by atoms with Gasteiger partial charge in [0, 0.05) is 12.5 Å². The number of amides is 2. The number of hydrogen-bond acceptors (Lipinski definition) is 4. The van der Waals surface area contributed by atoms with E-state index in [4.69, 9.17) is 5.11 Å². The highest BCUT2D eigenvalue weighted by atomic mass is 32.1. The topological polar surface area (TPSA) is 95.5 Å². The summed E-state index contributed by atoms with van der Waals surface area (Å²) in [5.41, 5.74) is 0.440. The van der Waals surface area contributed by atoms with Crippen molar-refractivity contribution >= 4 is 34.1 Å². The fourth-order valence-electron chi connectivity index (χ4n) is 2.33. The van der Waals surface area contributed by atoms with Crippen LogP contribution in [0.1, 0.15) is 48.9 Å². The predicted octanol–water partition coefficient (Wildman–Crippen LogP) is 2.22. The number of carboxylic acid groups (broad SMARTS) is 1.